The van der Waals surface area contributed by atoms with Crippen LogP contribution in [0.2, 0.25) is 0 Å². The lowest BCUT2D eigenvalue weighted by atomic mass is 9.51. The predicted molar refractivity (Wildman–Crippen MR) is 193 cm³/mol. The number of aliphatic hydroxyl groups excluding tert-OH is 1. The molecule has 8 nitrogen and oxygen atoms in total. The Hall–Kier alpha value is -1.54. The van der Waals surface area contributed by atoms with E-state index in [-0.39, 0.29) is 35.7 Å². The molecule has 2 spiro atoms. The van der Waals surface area contributed by atoms with Crippen molar-refractivity contribution in [3.63, 3.8) is 0 Å². The number of hydrogen-bond donors (Lipinski definition) is 2. The summed E-state index contributed by atoms with van der Waals surface area (Å²) in [6, 6.07) is -0.462. The lowest BCUT2D eigenvalue weighted by Gasteiger charge is -2.60. The molecule has 6 fully saturated rings. The number of alkyl halides is 1. The lowest BCUT2D eigenvalue weighted by Crippen LogP contribution is -2.56. The molecule has 3 saturated heterocycles. The van der Waals surface area contributed by atoms with Crippen molar-refractivity contribution in [2.24, 2.45) is 45.7 Å². The van der Waals surface area contributed by atoms with Crippen LogP contribution in [0.4, 0.5) is 9.18 Å². The van der Waals surface area contributed by atoms with Crippen molar-refractivity contribution in [3.8, 4) is 12.8 Å². The van der Waals surface area contributed by atoms with Gasteiger partial charge in [0.2, 0.25) is 5.91 Å². The molecular formula is C38H66FN3O5S. The number of nitrogens with zero attached hydrogens (tertiary/aromatic N) is 2. The molecule has 3 amide bonds. The second kappa shape index (κ2) is 15.0. The maximum Gasteiger partial charge on any atom is 0.314 e. The zero-order valence-electron chi connectivity index (χ0n) is 31.1. The highest BCUT2D eigenvalue weighted by atomic mass is 32.3. The summed E-state index contributed by atoms with van der Waals surface area (Å²) >= 11 is 0. The third-order valence-electron chi connectivity index (χ3n) is 13.8. The van der Waals surface area contributed by atoms with E-state index in [1.54, 1.807) is 7.05 Å². The zero-order valence-corrected chi connectivity index (χ0v) is 31.9. The van der Waals surface area contributed by atoms with Crippen LogP contribution < -0.4 is 5.73 Å². The van der Waals surface area contributed by atoms with Crippen molar-refractivity contribution < 1.29 is 28.6 Å². The second-order valence-electron chi connectivity index (χ2n) is 16.8. The van der Waals surface area contributed by atoms with Gasteiger partial charge in [0, 0.05) is 31.8 Å². The Morgan fingerprint density at radius 1 is 1.17 bits per heavy atom. The number of ether oxygens (including phenoxy) is 2. The van der Waals surface area contributed by atoms with Crippen molar-refractivity contribution in [2.75, 3.05) is 51.1 Å². The summed E-state index contributed by atoms with van der Waals surface area (Å²) in [6.45, 7) is 15.3. The Labute approximate surface area is 292 Å². The van der Waals surface area contributed by atoms with Crippen LogP contribution in [0.1, 0.15) is 92.9 Å². The maximum atomic E-state index is 12.6. The van der Waals surface area contributed by atoms with E-state index in [1.807, 2.05) is 18.7 Å². The lowest BCUT2D eigenvalue weighted by molar-refractivity contribution is -0.243. The first-order valence-electron chi connectivity index (χ1n) is 18.5. The van der Waals surface area contributed by atoms with E-state index in [0.717, 1.165) is 35.7 Å². The van der Waals surface area contributed by atoms with Gasteiger partial charge in [-0.15, -0.1) is 12.8 Å². The molecule has 0 radical (unpaired) electrons. The summed E-state index contributed by atoms with van der Waals surface area (Å²) in [5.74, 6) is 5.06. The molecule has 11 atom stereocenters. The SMILES string of the molecule is C#C.CC(C)C(=O)N1CCOC(O[C@H]2CCC34C(CC[C@H]5C6C[C@@H](O)CS6(C)CC[C@]53[C@@H]4C)C2(C)C)C1.C[C@@H](F)CCCN(C)C(N)=O. The molecule has 0 bridgehead atoms. The normalized spacial score (nSPS) is 42.4. The molecule has 3 heterocycles. The number of nitrogens with two attached hydrogens (primary N) is 1. The zero-order chi connectivity index (χ0) is 35.8. The van der Waals surface area contributed by atoms with Gasteiger partial charge in [-0.05, 0) is 110 Å². The summed E-state index contributed by atoms with van der Waals surface area (Å²) in [7, 11) is 0.960. The number of halogens is 1. The average Bonchev–Trinajstić information content (AvgIpc) is 3.39. The molecule has 0 aromatic carbocycles. The van der Waals surface area contributed by atoms with E-state index in [0.29, 0.717) is 55.8 Å². The first kappa shape index (κ1) is 39.2. The van der Waals surface area contributed by atoms with Crippen molar-refractivity contribution in [1.82, 2.24) is 9.80 Å². The largest absolute Gasteiger partial charge is 0.392 e. The van der Waals surface area contributed by atoms with Gasteiger partial charge in [-0.25, -0.2) is 19.2 Å². The highest BCUT2D eigenvalue weighted by Crippen LogP contribution is 2.89. The monoisotopic (exact) mass is 695 g/mol. The molecule has 6 rings (SSSR count). The third kappa shape index (κ3) is 6.88. The first-order valence-corrected chi connectivity index (χ1v) is 20.9. The van der Waals surface area contributed by atoms with Gasteiger partial charge in [0.15, 0.2) is 6.29 Å². The molecule has 3 aliphatic heterocycles. The standard InChI is InChI=1S/C29H49NO4S.C7H15FN2O.C2H2/c1-18(2)26(32)30-12-13-33-25(16-30)34-24-9-10-29-19(3)28(29)11-14-35(6)17-20(31)15-22(35)21(28)7-8-23(29)27(24,4)5;1-6(8)4-3-5-10(2)7(9)11;1-2/h18-25,31H,7-17H2,1-6H3;6H,3-5H2,1-2H3,(H2,9,11);1-2H/t19-,20+,21-,22?,23?,24-,25?,28-,29?;6-;/m01./s1. The van der Waals surface area contributed by atoms with E-state index in [4.69, 9.17) is 15.2 Å². The molecule has 5 unspecified atom stereocenters. The number of carbonyl (C=O) groups excluding carboxylic acids is 2. The van der Waals surface area contributed by atoms with Crippen LogP contribution in [0.3, 0.4) is 0 Å². The number of amides is 3. The smallest absolute Gasteiger partial charge is 0.314 e. The van der Waals surface area contributed by atoms with Gasteiger partial charge in [0.25, 0.3) is 0 Å². The Morgan fingerprint density at radius 3 is 2.48 bits per heavy atom. The van der Waals surface area contributed by atoms with Crippen LogP contribution in [0.25, 0.3) is 0 Å². The number of morpholine rings is 1. The minimum atomic E-state index is -0.795. The van der Waals surface area contributed by atoms with Crippen LogP contribution in [-0.4, -0.2) is 108 Å². The minimum absolute atomic E-state index is 0.0163. The van der Waals surface area contributed by atoms with Crippen molar-refractivity contribution in [2.45, 2.75) is 123 Å². The van der Waals surface area contributed by atoms with Gasteiger partial charge < -0.3 is 30.1 Å². The molecule has 276 valence electrons. The second-order valence-corrected chi connectivity index (χ2v) is 20.9. The minimum Gasteiger partial charge on any atom is -0.392 e. The number of fused-ring (bicyclic) bond motifs is 2. The number of hydrogen-bond acceptors (Lipinski definition) is 5. The number of primary amides is 1. The molecule has 48 heavy (non-hydrogen) atoms. The summed E-state index contributed by atoms with van der Waals surface area (Å²) in [5, 5.41) is 11.4. The van der Waals surface area contributed by atoms with Crippen LogP contribution >= 0.6 is 10.0 Å². The van der Waals surface area contributed by atoms with Crippen molar-refractivity contribution in [1.29, 1.82) is 0 Å². The van der Waals surface area contributed by atoms with Crippen LogP contribution in [0.5, 0.6) is 0 Å². The van der Waals surface area contributed by atoms with Crippen LogP contribution in [0.15, 0.2) is 0 Å². The molecule has 10 heteroatoms. The first-order chi connectivity index (χ1) is 22.5. The van der Waals surface area contributed by atoms with Gasteiger partial charge in [0.05, 0.1) is 31.5 Å². The summed E-state index contributed by atoms with van der Waals surface area (Å²) in [4.78, 5) is 26.3. The number of aliphatic hydroxyl groups is 1. The van der Waals surface area contributed by atoms with Crippen LogP contribution in [0, 0.1) is 52.8 Å². The Morgan fingerprint density at radius 2 is 1.85 bits per heavy atom. The fourth-order valence-electron chi connectivity index (χ4n) is 11.6. The highest BCUT2D eigenvalue weighted by molar-refractivity contribution is 8.33. The predicted octanol–water partition coefficient (Wildman–Crippen LogP) is 6.04. The van der Waals surface area contributed by atoms with Gasteiger partial charge >= 0.3 is 6.03 Å². The van der Waals surface area contributed by atoms with Crippen molar-refractivity contribution in [3.05, 3.63) is 0 Å². The molecule has 3 saturated carbocycles. The highest BCUT2D eigenvalue weighted by Gasteiger charge is 2.84. The van der Waals surface area contributed by atoms with E-state index >= 15 is 0 Å². The number of terminal acetylenes is 1. The maximum absolute atomic E-state index is 12.6. The fraction of sp³-hybridized carbons (Fsp3) is 0.895. The Bertz CT molecular complexity index is 1170. The molecule has 0 aromatic rings. The van der Waals surface area contributed by atoms with Gasteiger partial charge in [-0.3, -0.25) is 4.79 Å². The summed E-state index contributed by atoms with van der Waals surface area (Å²) in [6.07, 6.45) is 18.3. The van der Waals surface area contributed by atoms with Gasteiger partial charge in [0.1, 0.15) is 0 Å². The number of rotatable bonds is 7. The molecule has 0 aromatic heterocycles. The van der Waals surface area contributed by atoms with Gasteiger partial charge in [-0.1, -0.05) is 34.6 Å². The molecular weight excluding hydrogens is 629 g/mol. The summed E-state index contributed by atoms with van der Waals surface area (Å²) < 4.78 is 25.0. The molecule has 3 N–H and O–H groups in total. The fourth-order valence-corrected chi connectivity index (χ4v) is 15.9. The average molecular weight is 696 g/mol. The van der Waals surface area contributed by atoms with E-state index < -0.39 is 22.2 Å². The Kier molecular flexibility index (Phi) is 12.2. The van der Waals surface area contributed by atoms with E-state index in [2.05, 4.69) is 39.9 Å². The number of urea groups is 1. The topological polar surface area (TPSA) is 105 Å². The van der Waals surface area contributed by atoms with Crippen LogP contribution in [-0.2, 0) is 14.3 Å². The molecule has 6 aliphatic rings. The third-order valence-corrected chi connectivity index (χ3v) is 18.1. The molecule has 3 aliphatic carbocycles. The van der Waals surface area contributed by atoms with E-state index in [9.17, 15) is 19.1 Å². The quantitative estimate of drug-likeness (QED) is 0.317. The summed E-state index contributed by atoms with van der Waals surface area (Å²) in [5.41, 5.74) is 6.04. The number of carbonyl (C=O) groups is 2. The van der Waals surface area contributed by atoms with Crippen molar-refractivity contribution >= 4 is 22.0 Å². The van der Waals surface area contributed by atoms with E-state index in [1.165, 1.54) is 43.3 Å². The Balaban J connectivity index is 0.000000344. The van der Waals surface area contributed by atoms with Gasteiger partial charge in [-0.2, -0.15) is 0 Å².